The Hall–Kier alpha value is -0.120. The second-order valence-electron chi connectivity index (χ2n) is 3.07. The van der Waals surface area contributed by atoms with E-state index in [0.717, 1.165) is 19.4 Å². The summed E-state index contributed by atoms with van der Waals surface area (Å²) in [7, 11) is 0. The first kappa shape index (κ1) is 7.53. The van der Waals surface area contributed by atoms with Crippen LogP contribution in [0.5, 0.6) is 0 Å². The van der Waals surface area contributed by atoms with Crippen molar-refractivity contribution in [2.45, 2.75) is 31.1 Å². The Morgan fingerprint density at radius 1 is 1.55 bits per heavy atom. The number of nitrogens with one attached hydrogen (secondary N) is 1. The van der Waals surface area contributed by atoms with Crippen molar-refractivity contribution < 1.29 is 9.53 Å². The van der Waals surface area contributed by atoms with Gasteiger partial charge < -0.3 is 10.1 Å². The minimum Gasteiger partial charge on any atom is -0.363 e. The number of rotatable bonds is 1. The van der Waals surface area contributed by atoms with Crippen molar-refractivity contribution in [3.8, 4) is 0 Å². The van der Waals surface area contributed by atoms with Crippen LogP contribution in [0.4, 0.5) is 0 Å². The summed E-state index contributed by atoms with van der Waals surface area (Å²) in [5.74, 6) is 0. The molecular weight excluding hydrogens is 166 g/mol. The van der Waals surface area contributed by atoms with Gasteiger partial charge in [-0.15, -0.1) is 0 Å². The van der Waals surface area contributed by atoms with Gasteiger partial charge in [0, 0.05) is 12.6 Å². The third kappa shape index (κ3) is 1.28. The van der Waals surface area contributed by atoms with Crippen LogP contribution in [0.25, 0.3) is 0 Å². The summed E-state index contributed by atoms with van der Waals surface area (Å²) in [5, 5.41) is 2.85. The number of halogens is 1. The fraction of sp³-hybridized carbons (Fsp3) is 0.857. The Morgan fingerprint density at radius 3 is 2.64 bits per heavy atom. The van der Waals surface area contributed by atoms with E-state index in [1.54, 1.807) is 0 Å². The molecule has 3 aliphatic rings. The van der Waals surface area contributed by atoms with Gasteiger partial charge in [0.25, 0.3) is 5.24 Å². The molecule has 0 aromatic heterocycles. The number of piperidine rings is 1. The Bertz CT molecular complexity index is 177. The molecule has 2 bridgehead atoms. The van der Waals surface area contributed by atoms with Crippen LogP contribution in [0.2, 0.25) is 0 Å². The summed E-state index contributed by atoms with van der Waals surface area (Å²) in [4.78, 5) is 10.8. The SMILES string of the molecule is O=C(Cl)C1OC2CCC1NC2. The van der Waals surface area contributed by atoms with Gasteiger partial charge in [0.2, 0.25) is 0 Å². The molecule has 62 valence electrons. The van der Waals surface area contributed by atoms with Gasteiger partial charge in [0.15, 0.2) is 0 Å². The summed E-state index contributed by atoms with van der Waals surface area (Å²) in [6.07, 6.45) is 1.86. The van der Waals surface area contributed by atoms with Crippen LogP contribution in [0.15, 0.2) is 0 Å². The van der Waals surface area contributed by atoms with Crippen LogP contribution in [-0.4, -0.2) is 30.0 Å². The third-order valence-corrected chi connectivity index (χ3v) is 2.55. The van der Waals surface area contributed by atoms with E-state index in [0.29, 0.717) is 0 Å². The maximum atomic E-state index is 10.8. The van der Waals surface area contributed by atoms with Crippen molar-refractivity contribution in [3.63, 3.8) is 0 Å². The summed E-state index contributed by atoms with van der Waals surface area (Å²) in [5.41, 5.74) is 0. The van der Waals surface area contributed by atoms with Crippen LogP contribution in [0, 0.1) is 0 Å². The number of hydrogen-bond donors (Lipinski definition) is 1. The Morgan fingerprint density at radius 2 is 2.36 bits per heavy atom. The Kier molecular flexibility index (Phi) is 1.87. The van der Waals surface area contributed by atoms with E-state index in [1.165, 1.54) is 0 Å². The quantitative estimate of drug-likeness (QED) is 0.582. The molecule has 3 aliphatic heterocycles. The first-order valence-corrected chi connectivity index (χ1v) is 4.23. The number of fused-ring (bicyclic) bond motifs is 3. The van der Waals surface area contributed by atoms with Gasteiger partial charge in [0.1, 0.15) is 6.10 Å². The van der Waals surface area contributed by atoms with Gasteiger partial charge >= 0.3 is 0 Å². The topological polar surface area (TPSA) is 38.3 Å². The number of hydrogen-bond acceptors (Lipinski definition) is 3. The molecule has 1 N–H and O–H groups in total. The fourth-order valence-electron chi connectivity index (χ4n) is 1.74. The summed E-state index contributed by atoms with van der Waals surface area (Å²) in [6, 6.07) is 0.157. The van der Waals surface area contributed by atoms with Crippen molar-refractivity contribution in [2.24, 2.45) is 0 Å². The third-order valence-electron chi connectivity index (χ3n) is 2.34. The minimum atomic E-state index is -0.399. The number of morpholine rings is 1. The fourth-order valence-corrected chi connectivity index (χ4v) is 1.94. The summed E-state index contributed by atoms with van der Waals surface area (Å²) < 4.78 is 5.40. The van der Waals surface area contributed by atoms with E-state index in [9.17, 15) is 4.79 Å². The van der Waals surface area contributed by atoms with E-state index in [1.807, 2.05) is 0 Å². The zero-order chi connectivity index (χ0) is 7.84. The molecule has 0 radical (unpaired) electrons. The van der Waals surface area contributed by atoms with Crippen LogP contribution in [0.1, 0.15) is 12.8 Å². The summed E-state index contributed by atoms with van der Waals surface area (Å²) in [6.45, 7) is 0.866. The van der Waals surface area contributed by atoms with Gasteiger partial charge in [-0.3, -0.25) is 4.79 Å². The van der Waals surface area contributed by atoms with Crippen LogP contribution in [0.3, 0.4) is 0 Å². The molecule has 0 saturated carbocycles. The lowest BCUT2D eigenvalue weighted by molar-refractivity contribution is -0.142. The minimum absolute atomic E-state index is 0.157. The van der Waals surface area contributed by atoms with Crippen LogP contribution in [-0.2, 0) is 9.53 Å². The predicted molar refractivity (Wildman–Crippen MR) is 40.5 cm³/mol. The van der Waals surface area contributed by atoms with Crippen LogP contribution < -0.4 is 5.32 Å². The molecule has 3 saturated heterocycles. The normalized spacial score (nSPS) is 42.5. The highest BCUT2D eigenvalue weighted by Crippen LogP contribution is 2.25. The van der Waals surface area contributed by atoms with E-state index < -0.39 is 6.10 Å². The van der Waals surface area contributed by atoms with Gasteiger partial charge in [-0.05, 0) is 24.4 Å². The molecule has 0 aliphatic carbocycles. The molecule has 0 aromatic carbocycles. The molecule has 3 fully saturated rings. The first-order valence-electron chi connectivity index (χ1n) is 3.85. The molecule has 3 nitrogen and oxygen atoms in total. The summed E-state index contributed by atoms with van der Waals surface area (Å²) >= 11 is 5.35. The smallest absolute Gasteiger partial charge is 0.252 e. The highest BCUT2D eigenvalue weighted by Gasteiger charge is 2.39. The largest absolute Gasteiger partial charge is 0.363 e. The zero-order valence-electron chi connectivity index (χ0n) is 6.05. The van der Waals surface area contributed by atoms with Gasteiger partial charge in [-0.1, -0.05) is 0 Å². The number of ether oxygens (including phenoxy) is 1. The van der Waals surface area contributed by atoms with E-state index in [4.69, 9.17) is 16.3 Å². The molecule has 0 aromatic rings. The van der Waals surface area contributed by atoms with Gasteiger partial charge in [0.05, 0.1) is 6.10 Å². The first-order chi connectivity index (χ1) is 5.27. The van der Waals surface area contributed by atoms with Gasteiger partial charge in [-0.2, -0.15) is 0 Å². The number of carbonyl (C=O) groups excluding carboxylic acids is 1. The van der Waals surface area contributed by atoms with Crippen LogP contribution >= 0.6 is 11.6 Å². The average Bonchev–Trinajstić information content (AvgIpc) is 2.06. The molecule has 0 amide bonds. The van der Waals surface area contributed by atoms with Crippen molar-refractivity contribution in [1.82, 2.24) is 5.32 Å². The van der Waals surface area contributed by atoms with Crippen molar-refractivity contribution >= 4 is 16.8 Å². The molecular formula is C7H10ClNO2. The highest BCUT2D eigenvalue weighted by atomic mass is 35.5. The lowest BCUT2D eigenvalue weighted by Crippen LogP contribution is -2.58. The zero-order valence-corrected chi connectivity index (χ0v) is 6.80. The second kappa shape index (κ2) is 2.73. The van der Waals surface area contributed by atoms with E-state index in [2.05, 4.69) is 5.32 Å². The van der Waals surface area contributed by atoms with E-state index in [-0.39, 0.29) is 17.4 Å². The average molecular weight is 176 g/mol. The van der Waals surface area contributed by atoms with Crippen molar-refractivity contribution in [3.05, 3.63) is 0 Å². The molecule has 11 heavy (non-hydrogen) atoms. The van der Waals surface area contributed by atoms with Crippen molar-refractivity contribution in [2.75, 3.05) is 6.54 Å². The van der Waals surface area contributed by atoms with Gasteiger partial charge in [-0.25, -0.2) is 0 Å². The molecule has 3 atom stereocenters. The molecule has 3 heterocycles. The maximum Gasteiger partial charge on any atom is 0.252 e. The number of carbonyl (C=O) groups is 1. The molecule has 3 unspecified atom stereocenters. The predicted octanol–water partition coefficient (Wildman–Crippen LogP) is 0.271. The van der Waals surface area contributed by atoms with Crippen molar-refractivity contribution in [1.29, 1.82) is 0 Å². The molecule has 0 spiro atoms. The Balaban J connectivity index is 2.08. The Labute approximate surface area is 70.0 Å². The lowest BCUT2D eigenvalue weighted by atomic mass is 9.94. The molecule has 3 rings (SSSR count). The van der Waals surface area contributed by atoms with E-state index >= 15 is 0 Å². The monoisotopic (exact) mass is 175 g/mol. The maximum absolute atomic E-state index is 10.8. The standard InChI is InChI=1S/C7H10ClNO2/c8-7(10)6-5-2-1-4(11-6)3-9-5/h4-6,9H,1-3H2. The molecule has 4 heteroatoms. The highest BCUT2D eigenvalue weighted by molar-refractivity contribution is 6.64. The lowest BCUT2D eigenvalue weighted by Gasteiger charge is -2.41. The second-order valence-corrected chi connectivity index (χ2v) is 3.45.